The Hall–Kier alpha value is -2.08. The smallest absolute Gasteiger partial charge is 0.410 e. The molecular formula is C15H19NO5. The fourth-order valence-electron chi connectivity index (χ4n) is 2.39. The molecule has 1 N–H and O–H groups in total. The molecule has 0 radical (unpaired) electrons. The van der Waals surface area contributed by atoms with Crippen LogP contribution in [0.25, 0.3) is 0 Å². The van der Waals surface area contributed by atoms with Crippen LogP contribution in [0.15, 0.2) is 30.3 Å². The van der Waals surface area contributed by atoms with Crippen LogP contribution in [0.4, 0.5) is 4.79 Å². The number of nitrogens with zero attached hydrogens (tertiary/aromatic N) is 1. The van der Waals surface area contributed by atoms with Crippen LogP contribution in [0.3, 0.4) is 0 Å². The van der Waals surface area contributed by atoms with Crippen molar-refractivity contribution in [3.05, 3.63) is 35.9 Å². The fourth-order valence-corrected chi connectivity index (χ4v) is 2.39. The van der Waals surface area contributed by atoms with Crippen molar-refractivity contribution in [1.82, 2.24) is 4.90 Å². The number of benzene rings is 1. The molecule has 1 fully saturated rings. The molecule has 1 aliphatic rings. The van der Waals surface area contributed by atoms with Gasteiger partial charge in [0.2, 0.25) is 0 Å². The molecule has 1 aromatic carbocycles. The summed E-state index contributed by atoms with van der Waals surface area (Å²) in [6, 6.07) is 8.38. The van der Waals surface area contributed by atoms with Crippen molar-refractivity contribution in [2.24, 2.45) is 0 Å². The fraction of sp³-hybridized carbons (Fsp3) is 0.467. The number of carbonyl (C=O) groups excluding carboxylic acids is 1. The summed E-state index contributed by atoms with van der Waals surface area (Å²) in [6.07, 6.45) is -0.572. The van der Waals surface area contributed by atoms with E-state index < -0.39 is 18.1 Å². The molecule has 6 nitrogen and oxygen atoms in total. The zero-order valence-corrected chi connectivity index (χ0v) is 11.9. The van der Waals surface area contributed by atoms with E-state index in [1.54, 1.807) is 0 Å². The van der Waals surface area contributed by atoms with Gasteiger partial charge in [-0.3, -0.25) is 4.90 Å². The van der Waals surface area contributed by atoms with E-state index in [9.17, 15) is 14.7 Å². The van der Waals surface area contributed by atoms with Gasteiger partial charge in [-0.05, 0) is 12.5 Å². The molecule has 6 heteroatoms. The SMILES string of the molecule is CCOC1CC(C(=O)O)N(C(=O)OCc2ccccc2)C1. The van der Waals surface area contributed by atoms with E-state index in [-0.39, 0.29) is 19.3 Å². The molecule has 0 bridgehead atoms. The molecule has 1 amide bonds. The van der Waals surface area contributed by atoms with E-state index in [1.807, 2.05) is 37.3 Å². The van der Waals surface area contributed by atoms with Gasteiger partial charge in [-0.2, -0.15) is 0 Å². The minimum atomic E-state index is -1.03. The molecule has 2 rings (SSSR count). The molecule has 0 aromatic heterocycles. The van der Waals surface area contributed by atoms with E-state index >= 15 is 0 Å². The molecule has 1 aliphatic heterocycles. The van der Waals surface area contributed by atoms with Gasteiger partial charge in [-0.25, -0.2) is 9.59 Å². The van der Waals surface area contributed by atoms with Gasteiger partial charge in [0.15, 0.2) is 0 Å². The number of rotatable bonds is 5. The zero-order valence-electron chi connectivity index (χ0n) is 11.9. The summed E-state index contributed by atoms with van der Waals surface area (Å²) < 4.78 is 10.6. The molecule has 0 aliphatic carbocycles. The summed E-state index contributed by atoms with van der Waals surface area (Å²) in [5, 5.41) is 9.20. The van der Waals surface area contributed by atoms with Crippen LogP contribution in [0.2, 0.25) is 0 Å². The first-order chi connectivity index (χ1) is 10.1. The van der Waals surface area contributed by atoms with Crippen molar-refractivity contribution < 1.29 is 24.2 Å². The molecule has 114 valence electrons. The van der Waals surface area contributed by atoms with Gasteiger partial charge in [0.1, 0.15) is 12.6 Å². The standard InChI is InChI=1S/C15H19NO5/c1-2-20-12-8-13(14(17)18)16(9-12)15(19)21-10-11-6-4-3-5-7-11/h3-7,12-13H,2,8-10H2,1H3,(H,17,18). The van der Waals surface area contributed by atoms with Gasteiger partial charge in [-0.15, -0.1) is 0 Å². The second-order valence-corrected chi connectivity index (χ2v) is 4.86. The Bertz CT molecular complexity index is 490. The number of amides is 1. The first kappa shape index (κ1) is 15.3. The number of carboxylic acids is 1. The van der Waals surface area contributed by atoms with Crippen molar-refractivity contribution in [3.8, 4) is 0 Å². The van der Waals surface area contributed by atoms with Crippen molar-refractivity contribution in [3.63, 3.8) is 0 Å². The number of aliphatic carboxylic acids is 1. The van der Waals surface area contributed by atoms with Crippen molar-refractivity contribution >= 4 is 12.1 Å². The lowest BCUT2D eigenvalue weighted by Gasteiger charge is -2.20. The highest BCUT2D eigenvalue weighted by Gasteiger charge is 2.40. The van der Waals surface area contributed by atoms with Gasteiger partial charge in [0, 0.05) is 13.0 Å². The highest BCUT2D eigenvalue weighted by atomic mass is 16.6. The maximum absolute atomic E-state index is 12.1. The van der Waals surface area contributed by atoms with Crippen LogP contribution in [0, 0.1) is 0 Å². The lowest BCUT2D eigenvalue weighted by atomic mass is 10.2. The third-order valence-electron chi connectivity index (χ3n) is 3.39. The second kappa shape index (κ2) is 7.08. The highest BCUT2D eigenvalue weighted by molar-refractivity contribution is 5.80. The van der Waals surface area contributed by atoms with Crippen LogP contribution in [-0.2, 0) is 20.9 Å². The Morgan fingerprint density at radius 3 is 2.67 bits per heavy atom. The normalized spacial score (nSPS) is 21.3. The van der Waals surface area contributed by atoms with Crippen LogP contribution < -0.4 is 0 Å². The summed E-state index contributed by atoms with van der Waals surface area (Å²) in [5.41, 5.74) is 0.860. The Labute approximate surface area is 123 Å². The van der Waals surface area contributed by atoms with E-state index in [4.69, 9.17) is 9.47 Å². The van der Waals surface area contributed by atoms with E-state index in [0.717, 1.165) is 5.56 Å². The third-order valence-corrected chi connectivity index (χ3v) is 3.39. The van der Waals surface area contributed by atoms with Gasteiger partial charge in [0.25, 0.3) is 0 Å². The van der Waals surface area contributed by atoms with Gasteiger partial charge in [-0.1, -0.05) is 30.3 Å². The number of ether oxygens (including phenoxy) is 2. The van der Waals surface area contributed by atoms with Gasteiger partial charge < -0.3 is 14.6 Å². The monoisotopic (exact) mass is 293 g/mol. The van der Waals surface area contributed by atoms with Crippen molar-refractivity contribution in [2.75, 3.05) is 13.2 Å². The van der Waals surface area contributed by atoms with Crippen molar-refractivity contribution in [1.29, 1.82) is 0 Å². The van der Waals surface area contributed by atoms with E-state index in [0.29, 0.717) is 13.0 Å². The van der Waals surface area contributed by atoms with Crippen LogP contribution in [0.5, 0.6) is 0 Å². The molecule has 2 unspecified atom stereocenters. The van der Waals surface area contributed by atoms with Crippen LogP contribution in [-0.4, -0.2) is 47.4 Å². The van der Waals surface area contributed by atoms with Crippen molar-refractivity contribution in [2.45, 2.75) is 32.1 Å². The minimum Gasteiger partial charge on any atom is -0.480 e. The number of carbonyl (C=O) groups is 2. The number of hydrogen-bond acceptors (Lipinski definition) is 4. The predicted molar refractivity (Wildman–Crippen MR) is 74.8 cm³/mol. The average Bonchev–Trinajstić information content (AvgIpc) is 2.90. The predicted octanol–water partition coefficient (Wildman–Crippen LogP) is 1.89. The number of hydrogen-bond donors (Lipinski definition) is 1. The summed E-state index contributed by atoms with van der Waals surface area (Å²) in [5.74, 6) is -1.03. The summed E-state index contributed by atoms with van der Waals surface area (Å²) in [7, 11) is 0. The van der Waals surface area contributed by atoms with Crippen LogP contribution in [0.1, 0.15) is 18.9 Å². The lowest BCUT2D eigenvalue weighted by Crippen LogP contribution is -2.40. The molecule has 21 heavy (non-hydrogen) atoms. The first-order valence-electron chi connectivity index (χ1n) is 6.93. The highest BCUT2D eigenvalue weighted by Crippen LogP contribution is 2.22. The summed E-state index contributed by atoms with van der Waals surface area (Å²) in [4.78, 5) is 24.5. The molecule has 1 heterocycles. The summed E-state index contributed by atoms with van der Waals surface area (Å²) in [6.45, 7) is 2.70. The Morgan fingerprint density at radius 2 is 2.05 bits per heavy atom. The molecule has 2 atom stereocenters. The maximum Gasteiger partial charge on any atom is 0.410 e. The van der Waals surface area contributed by atoms with E-state index in [1.165, 1.54) is 4.90 Å². The first-order valence-corrected chi connectivity index (χ1v) is 6.93. The van der Waals surface area contributed by atoms with Gasteiger partial charge >= 0.3 is 12.1 Å². The van der Waals surface area contributed by atoms with Gasteiger partial charge in [0.05, 0.1) is 12.6 Å². The topological polar surface area (TPSA) is 76.1 Å². The Balaban J connectivity index is 1.94. The quantitative estimate of drug-likeness (QED) is 0.897. The lowest BCUT2D eigenvalue weighted by molar-refractivity contribution is -0.141. The van der Waals surface area contributed by atoms with E-state index in [2.05, 4.69) is 0 Å². The average molecular weight is 293 g/mol. The summed E-state index contributed by atoms with van der Waals surface area (Å²) >= 11 is 0. The zero-order chi connectivity index (χ0) is 15.2. The molecule has 0 spiro atoms. The molecule has 0 saturated carbocycles. The Kier molecular flexibility index (Phi) is 5.16. The maximum atomic E-state index is 12.1. The molecule has 1 aromatic rings. The number of likely N-dealkylation sites (tertiary alicyclic amines) is 1. The largest absolute Gasteiger partial charge is 0.480 e. The third kappa shape index (κ3) is 3.95. The number of carboxylic acid groups (broad SMARTS) is 1. The Morgan fingerprint density at radius 1 is 1.33 bits per heavy atom. The second-order valence-electron chi connectivity index (χ2n) is 4.86. The minimum absolute atomic E-state index is 0.127. The molecule has 1 saturated heterocycles. The molecular weight excluding hydrogens is 274 g/mol. The van der Waals surface area contributed by atoms with Crippen LogP contribution >= 0.6 is 0 Å².